The number of nitrogens with one attached hydrogen (secondary N) is 1. The van der Waals surface area contributed by atoms with Crippen molar-refractivity contribution in [3.63, 3.8) is 0 Å². The highest BCUT2D eigenvalue weighted by Gasteiger charge is 2.46. The maximum absolute atomic E-state index is 12.2. The average Bonchev–Trinajstić information content (AvgIpc) is 2.70. The molecule has 0 aromatic heterocycles. The second-order valence-electron chi connectivity index (χ2n) is 5.77. The Bertz CT molecular complexity index is 485. The lowest BCUT2D eigenvalue weighted by Crippen LogP contribution is -2.47. The Kier molecular flexibility index (Phi) is 5.14. The van der Waals surface area contributed by atoms with Crippen LogP contribution < -0.4 is 4.72 Å². The molecule has 21 heavy (non-hydrogen) atoms. The van der Waals surface area contributed by atoms with Gasteiger partial charge in [-0.2, -0.15) is 13.2 Å². The van der Waals surface area contributed by atoms with Gasteiger partial charge in [0.05, 0.1) is 0 Å². The summed E-state index contributed by atoms with van der Waals surface area (Å²) < 4.78 is 65.2. The minimum atomic E-state index is -5.40. The molecule has 0 aromatic rings. The molecule has 0 aliphatic carbocycles. The van der Waals surface area contributed by atoms with Crippen LogP contribution in [0.3, 0.4) is 0 Å². The van der Waals surface area contributed by atoms with Crippen molar-refractivity contribution in [3.05, 3.63) is 0 Å². The van der Waals surface area contributed by atoms with Crippen LogP contribution >= 0.6 is 0 Å². The molecule has 0 saturated carbocycles. The van der Waals surface area contributed by atoms with Gasteiger partial charge in [-0.15, -0.1) is 0 Å². The zero-order valence-electron chi connectivity index (χ0n) is 12.0. The maximum Gasteiger partial charge on any atom is 0.511 e. The van der Waals surface area contributed by atoms with Crippen molar-refractivity contribution in [2.24, 2.45) is 0 Å². The van der Waals surface area contributed by atoms with E-state index in [9.17, 15) is 26.4 Å². The summed E-state index contributed by atoms with van der Waals surface area (Å²) in [7, 11) is -5.40. The molecule has 1 saturated heterocycles. The molecule has 1 atom stereocenters. The number of carbonyl (C=O) groups excluding carboxylic acids is 1. The standard InChI is InChI=1S/C11H19F3N2O4S/c1-10(2,3)20-9(17)16-6-4-5-8(16)7-15-21(18,19)11(12,13)14/h8,15H,4-7H2,1-3H3/t8-/m1/s1. The van der Waals surface area contributed by atoms with Gasteiger partial charge in [0, 0.05) is 19.1 Å². The number of hydrogen-bond donors (Lipinski definition) is 1. The van der Waals surface area contributed by atoms with E-state index in [-0.39, 0.29) is 0 Å². The van der Waals surface area contributed by atoms with Gasteiger partial charge in [-0.05, 0) is 33.6 Å². The van der Waals surface area contributed by atoms with Gasteiger partial charge in [0.25, 0.3) is 0 Å². The zero-order valence-corrected chi connectivity index (χ0v) is 12.8. The number of amides is 1. The summed E-state index contributed by atoms with van der Waals surface area (Å²) in [6.45, 7) is 4.85. The van der Waals surface area contributed by atoms with Crippen LogP contribution in [0.5, 0.6) is 0 Å². The Morgan fingerprint density at radius 1 is 1.33 bits per heavy atom. The van der Waals surface area contributed by atoms with E-state index in [0.29, 0.717) is 19.4 Å². The minimum absolute atomic E-state index is 0.327. The van der Waals surface area contributed by atoms with Crippen LogP contribution in [0.15, 0.2) is 0 Å². The van der Waals surface area contributed by atoms with E-state index in [1.807, 2.05) is 0 Å². The molecule has 0 radical (unpaired) electrons. The molecule has 10 heteroatoms. The molecule has 1 heterocycles. The van der Waals surface area contributed by atoms with Crippen molar-refractivity contribution < 1.29 is 31.1 Å². The van der Waals surface area contributed by atoms with E-state index < -0.39 is 39.8 Å². The fourth-order valence-electron chi connectivity index (χ4n) is 1.90. The number of sulfonamides is 1. The van der Waals surface area contributed by atoms with Gasteiger partial charge in [-0.1, -0.05) is 0 Å². The number of likely N-dealkylation sites (tertiary alicyclic amines) is 1. The third-order valence-electron chi connectivity index (χ3n) is 2.82. The predicted molar refractivity (Wildman–Crippen MR) is 68.9 cm³/mol. The van der Waals surface area contributed by atoms with Crippen LogP contribution in [0.25, 0.3) is 0 Å². The van der Waals surface area contributed by atoms with E-state index in [1.54, 1.807) is 20.8 Å². The van der Waals surface area contributed by atoms with Gasteiger partial charge >= 0.3 is 21.6 Å². The monoisotopic (exact) mass is 332 g/mol. The molecule has 1 aliphatic heterocycles. The Labute approximate surface area is 121 Å². The first kappa shape index (κ1) is 18.0. The van der Waals surface area contributed by atoms with E-state index in [2.05, 4.69) is 0 Å². The maximum atomic E-state index is 12.2. The zero-order chi connectivity index (χ0) is 16.5. The van der Waals surface area contributed by atoms with E-state index in [4.69, 9.17) is 4.74 Å². The van der Waals surface area contributed by atoms with Crippen molar-refractivity contribution in [2.75, 3.05) is 13.1 Å². The molecule has 1 aliphatic rings. The molecule has 1 amide bonds. The van der Waals surface area contributed by atoms with Gasteiger partial charge in [0.1, 0.15) is 5.60 Å². The normalized spacial score (nSPS) is 20.7. The van der Waals surface area contributed by atoms with Crippen molar-refractivity contribution in [2.45, 2.75) is 50.8 Å². The number of alkyl halides is 3. The summed E-state index contributed by atoms with van der Waals surface area (Å²) in [5.74, 6) is 0. The number of halogens is 3. The van der Waals surface area contributed by atoms with E-state index in [1.165, 1.54) is 9.62 Å². The Balaban J connectivity index is 2.65. The lowest BCUT2D eigenvalue weighted by molar-refractivity contribution is -0.0448. The highest BCUT2D eigenvalue weighted by molar-refractivity contribution is 7.90. The topological polar surface area (TPSA) is 75.7 Å². The molecule has 1 fully saturated rings. The van der Waals surface area contributed by atoms with Crippen LogP contribution in [-0.4, -0.2) is 49.7 Å². The second-order valence-corrected chi connectivity index (χ2v) is 7.53. The first-order valence-electron chi connectivity index (χ1n) is 6.39. The van der Waals surface area contributed by atoms with Gasteiger partial charge in [0.15, 0.2) is 0 Å². The smallest absolute Gasteiger partial charge is 0.444 e. The second kappa shape index (κ2) is 5.99. The number of rotatable bonds is 3. The van der Waals surface area contributed by atoms with Crippen LogP contribution in [0.4, 0.5) is 18.0 Å². The Hall–Kier alpha value is -1.03. The molecule has 1 rings (SSSR count). The Morgan fingerprint density at radius 2 is 1.90 bits per heavy atom. The summed E-state index contributed by atoms with van der Waals surface area (Å²) >= 11 is 0. The number of carbonyl (C=O) groups is 1. The third-order valence-corrected chi connectivity index (χ3v) is 3.97. The molecule has 0 bridgehead atoms. The lowest BCUT2D eigenvalue weighted by Gasteiger charge is -2.28. The molecule has 1 N–H and O–H groups in total. The van der Waals surface area contributed by atoms with E-state index >= 15 is 0 Å². The van der Waals surface area contributed by atoms with Crippen LogP contribution in [0.1, 0.15) is 33.6 Å². The lowest BCUT2D eigenvalue weighted by atomic mass is 10.2. The van der Waals surface area contributed by atoms with Gasteiger partial charge in [0.2, 0.25) is 0 Å². The summed E-state index contributed by atoms with van der Waals surface area (Å²) in [6, 6.07) is -0.642. The number of hydrogen-bond acceptors (Lipinski definition) is 4. The fourth-order valence-corrected chi connectivity index (χ4v) is 2.47. The van der Waals surface area contributed by atoms with E-state index in [0.717, 1.165) is 0 Å². The summed E-state index contributed by atoms with van der Waals surface area (Å²) in [4.78, 5) is 13.2. The molecule has 124 valence electrons. The quantitative estimate of drug-likeness (QED) is 0.855. The van der Waals surface area contributed by atoms with Crippen molar-refractivity contribution in [3.8, 4) is 0 Å². The van der Waals surface area contributed by atoms with Crippen LogP contribution in [-0.2, 0) is 14.8 Å². The first-order chi connectivity index (χ1) is 9.33. The first-order valence-corrected chi connectivity index (χ1v) is 7.87. The SMILES string of the molecule is CC(C)(C)OC(=O)N1CCC[C@@H]1CNS(=O)(=O)C(F)(F)F. The minimum Gasteiger partial charge on any atom is -0.444 e. The Morgan fingerprint density at radius 3 is 2.38 bits per heavy atom. The summed E-state index contributed by atoms with van der Waals surface area (Å²) in [6.07, 6.45) is 0.341. The molecule has 6 nitrogen and oxygen atoms in total. The molecular formula is C11H19F3N2O4S. The van der Waals surface area contributed by atoms with Gasteiger partial charge < -0.3 is 9.64 Å². The largest absolute Gasteiger partial charge is 0.511 e. The van der Waals surface area contributed by atoms with Gasteiger partial charge in [-0.3, -0.25) is 0 Å². The summed E-state index contributed by atoms with van der Waals surface area (Å²) in [5, 5.41) is 0. The summed E-state index contributed by atoms with van der Waals surface area (Å²) in [5.41, 5.74) is -6.09. The number of ether oxygens (including phenoxy) is 1. The average molecular weight is 332 g/mol. The van der Waals surface area contributed by atoms with Crippen molar-refractivity contribution in [1.82, 2.24) is 9.62 Å². The van der Waals surface area contributed by atoms with Crippen molar-refractivity contribution in [1.29, 1.82) is 0 Å². The van der Waals surface area contributed by atoms with Crippen LogP contribution in [0.2, 0.25) is 0 Å². The molecular weight excluding hydrogens is 313 g/mol. The molecule has 0 aromatic carbocycles. The molecule has 0 spiro atoms. The van der Waals surface area contributed by atoms with Gasteiger partial charge in [-0.25, -0.2) is 17.9 Å². The third kappa shape index (κ3) is 5.03. The highest BCUT2D eigenvalue weighted by atomic mass is 32.2. The van der Waals surface area contributed by atoms with Crippen LogP contribution in [0, 0.1) is 0 Å². The molecule has 0 unspecified atom stereocenters. The highest BCUT2D eigenvalue weighted by Crippen LogP contribution is 2.24. The predicted octanol–water partition coefficient (Wildman–Crippen LogP) is 1.83. The van der Waals surface area contributed by atoms with Crippen molar-refractivity contribution >= 4 is 16.1 Å². The number of nitrogens with zero attached hydrogens (tertiary/aromatic N) is 1. The fraction of sp³-hybridized carbons (Fsp3) is 0.909.